The van der Waals surface area contributed by atoms with Crippen LogP contribution in [-0.4, -0.2) is 16.8 Å². The van der Waals surface area contributed by atoms with Gasteiger partial charge >= 0.3 is 0 Å². The van der Waals surface area contributed by atoms with Crippen molar-refractivity contribution in [2.45, 2.75) is 0 Å². The average Bonchev–Trinajstić information content (AvgIpc) is 3.12. The number of carbonyl (C=O) groups excluding carboxylic acids is 2. The molecule has 0 saturated carbocycles. The van der Waals surface area contributed by atoms with Gasteiger partial charge in [-0.05, 0) is 0 Å². The third kappa shape index (κ3) is 2.55. The molecule has 0 unspecified atom stereocenters. The molecule has 0 fully saturated rings. The summed E-state index contributed by atoms with van der Waals surface area (Å²) in [6.45, 7) is 0. The zero-order valence-electron chi connectivity index (χ0n) is 11.8. The quantitative estimate of drug-likeness (QED) is 0.625. The van der Waals surface area contributed by atoms with Crippen molar-refractivity contribution in [2.24, 2.45) is 5.73 Å². The molecular weight excluding hydrogens is 316 g/mol. The first-order valence-corrected chi connectivity index (χ1v) is 7.35. The Morgan fingerprint density at radius 3 is 2.43 bits per heavy atom. The van der Waals surface area contributed by atoms with E-state index in [1.54, 1.807) is 0 Å². The number of amides is 1. The van der Waals surface area contributed by atoms with E-state index in [1.807, 2.05) is 30.3 Å². The molecule has 7 nitrogen and oxygen atoms in total. The van der Waals surface area contributed by atoms with Gasteiger partial charge in [0.1, 0.15) is 15.6 Å². The molecule has 2 heterocycles. The number of nitrogens with two attached hydrogens (primary N) is 3. The van der Waals surface area contributed by atoms with Crippen LogP contribution in [0.15, 0.2) is 40.9 Å². The Hall–Kier alpha value is -3.13. The Morgan fingerprint density at radius 2 is 1.83 bits per heavy atom. The normalized spacial score (nSPS) is 10.6. The highest BCUT2D eigenvalue weighted by atomic mass is 32.1. The molecule has 0 bridgehead atoms. The molecule has 3 aromatic rings. The lowest BCUT2D eigenvalue weighted by molar-refractivity contribution is 0.100. The van der Waals surface area contributed by atoms with Crippen LogP contribution in [0.5, 0.6) is 0 Å². The van der Waals surface area contributed by atoms with Crippen LogP contribution in [0, 0.1) is 0 Å². The summed E-state index contributed by atoms with van der Waals surface area (Å²) < 4.78 is 5.09. The molecule has 0 radical (unpaired) electrons. The maximum atomic E-state index is 12.5. The molecule has 0 spiro atoms. The first kappa shape index (κ1) is 14.8. The lowest BCUT2D eigenvalue weighted by atomic mass is 10.1. The van der Waals surface area contributed by atoms with Crippen molar-refractivity contribution in [1.29, 1.82) is 0 Å². The van der Waals surface area contributed by atoms with Crippen molar-refractivity contribution in [3.05, 3.63) is 52.6 Å². The molecule has 0 aliphatic rings. The predicted molar refractivity (Wildman–Crippen MR) is 87.0 cm³/mol. The molecule has 6 N–H and O–H groups in total. The lowest BCUT2D eigenvalue weighted by Crippen LogP contribution is -2.14. The van der Waals surface area contributed by atoms with Crippen LogP contribution in [0.3, 0.4) is 0 Å². The van der Waals surface area contributed by atoms with Gasteiger partial charge in [0.15, 0.2) is 0 Å². The van der Waals surface area contributed by atoms with Crippen LogP contribution >= 0.6 is 11.3 Å². The van der Waals surface area contributed by atoms with E-state index < -0.39 is 11.7 Å². The fraction of sp³-hybridized carbons (Fsp3) is 0. The highest BCUT2D eigenvalue weighted by Crippen LogP contribution is 2.35. The van der Waals surface area contributed by atoms with Gasteiger partial charge in [-0.1, -0.05) is 35.5 Å². The number of ketones is 1. The van der Waals surface area contributed by atoms with Gasteiger partial charge in [0.05, 0.1) is 11.3 Å². The molecule has 0 aliphatic carbocycles. The van der Waals surface area contributed by atoms with Crippen LogP contribution < -0.4 is 17.2 Å². The summed E-state index contributed by atoms with van der Waals surface area (Å²) in [4.78, 5) is 23.9. The van der Waals surface area contributed by atoms with Gasteiger partial charge in [-0.15, -0.1) is 11.3 Å². The molecule has 116 valence electrons. The molecule has 0 atom stereocenters. The molecule has 1 amide bonds. The highest BCUT2D eigenvalue weighted by Gasteiger charge is 2.26. The van der Waals surface area contributed by atoms with Crippen molar-refractivity contribution in [1.82, 2.24) is 5.16 Å². The van der Waals surface area contributed by atoms with E-state index >= 15 is 0 Å². The maximum absolute atomic E-state index is 12.5. The van der Waals surface area contributed by atoms with Gasteiger partial charge in [0.2, 0.25) is 11.5 Å². The highest BCUT2D eigenvalue weighted by molar-refractivity contribution is 7.19. The number of primary amides is 1. The fourth-order valence-corrected chi connectivity index (χ4v) is 3.06. The minimum atomic E-state index is -0.780. The number of nitrogen functional groups attached to an aromatic ring is 2. The predicted octanol–water partition coefficient (Wildman–Crippen LogP) is 1.90. The molecule has 23 heavy (non-hydrogen) atoms. The van der Waals surface area contributed by atoms with E-state index in [4.69, 9.17) is 21.7 Å². The molecule has 0 aliphatic heterocycles. The van der Waals surface area contributed by atoms with Crippen molar-refractivity contribution in [3.8, 4) is 11.3 Å². The van der Waals surface area contributed by atoms with Crippen LogP contribution in [-0.2, 0) is 0 Å². The van der Waals surface area contributed by atoms with Gasteiger partial charge in [-0.25, -0.2) is 0 Å². The van der Waals surface area contributed by atoms with E-state index in [0.29, 0.717) is 5.69 Å². The number of anilines is 2. The van der Waals surface area contributed by atoms with Gasteiger partial charge in [0.25, 0.3) is 5.91 Å². The van der Waals surface area contributed by atoms with E-state index in [1.165, 1.54) is 6.07 Å². The summed E-state index contributed by atoms with van der Waals surface area (Å²) in [5.41, 5.74) is 18.0. The SMILES string of the molecule is NC(=O)c1c(N)sc(C(=O)c2cc(-c3ccccc3)no2)c1N. The van der Waals surface area contributed by atoms with Gasteiger partial charge < -0.3 is 21.7 Å². The summed E-state index contributed by atoms with van der Waals surface area (Å²) >= 11 is 0.892. The molecule has 0 saturated heterocycles. The number of nitrogens with zero attached hydrogens (tertiary/aromatic N) is 1. The van der Waals surface area contributed by atoms with Gasteiger partial charge in [0, 0.05) is 11.6 Å². The Balaban J connectivity index is 1.98. The first-order valence-electron chi connectivity index (χ1n) is 6.53. The monoisotopic (exact) mass is 328 g/mol. The number of hydrogen-bond acceptors (Lipinski definition) is 7. The van der Waals surface area contributed by atoms with Crippen molar-refractivity contribution >= 4 is 33.7 Å². The summed E-state index contributed by atoms with van der Waals surface area (Å²) in [6.07, 6.45) is 0. The molecule has 1 aromatic carbocycles. The summed E-state index contributed by atoms with van der Waals surface area (Å²) in [6, 6.07) is 10.8. The first-order chi connectivity index (χ1) is 11.0. The van der Waals surface area contributed by atoms with Gasteiger partial charge in [-0.3, -0.25) is 9.59 Å². The molecule has 8 heteroatoms. The van der Waals surface area contributed by atoms with Crippen LogP contribution in [0.4, 0.5) is 10.7 Å². The lowest BCUT2D eigenvalue weighted by Gasteiger charge is -1.96. The standard InChI is InChI=1S/C15H12N4O3S/c16-11-10(14(17)21)15(18)23-13(11)12(20)9-6-8(19-22-9)7-4-2-1-3-5-7/h1-6H,16,18H2,(H2,17,21). The number of benzene rings is 1. The van der Waals surface area contributed by atoms with Crippen molar-refractivity contribution in [2.75, 3.05) is 11.5 Å². The number of carbonyl (C=O) groups is 2. The van der Waals surface area contributed by atoms with E-state index in [0.717, 1.165) is 16.9 Å². The third-order valence-electron chi connectivity index (χ3n) is 3.23. The number of rotatable bonds is 4. The number of thiophene rings is 1. The minimum absolute atomic E-state index is 0.00724. The van der Waals surface area contributed by atoms with E-state index in [-0.39, 0.29) is 26.9 Å². The summed E-state index contributed by atoms with van der Waals surface area (Å²) in [5.74, 6) is -1.27. The van der Waals surface area contributed by atoms with Crippen LogP contribution in [0.1, 0.15) is 25.8 Å². The Kier molecular flexibility index (Phi) is 3.59. The minimum Gasteiger partial charge on any atom is -0.397 e. The Bertz CT molecular complexity index is 899. The average molecular weight is 328 g/mol. The Morgan fingerprint density at radius 1 is 1.13 bits per heavy atom. The zero-order valence-corrected chi connectivity index (χ0v) is 12.6. The second-order valence-electron chi connectivity index (χ2n) is 4.72. The Labute approximate surface area is 134 Å². The van der Waals surface area contributed by atoms with Crippen molar-refractivity contribution < 1.29 is 14.1 Å². The maximum Gasteiger partial charge on any atom is 0.253 e. The van der Waals surface area contributed by atoms with Gasteiger partial charge in [-0.2, -0.15) is 0 Å². The second kappa shape index (κ2) is 5.58. The second-order valence-corrected chi connectivity index (χ2v) is 5.77. The van der Waals surface area contributed by atoms with E-state index in [2.05, 4.69) is 5.16 Å². The smallest absolute Gasteiger partial charge is 0.253 e. The van der Waals surface area contributed by atoms with Crippen molar-refractivity contribution in [3.63, 3.8) is 0 Å². The number of aromatic nitrogens is 1. The van der Waals surface area contributed by atoms with Crippen LogP contribution in [0.2, 0.25) is 0 Å². The van der Waals surface area contributed by atoms with Crippen LogP contribution in [0.25, 0.3) is 11.3 Å². The molecule has 2 aromatic heterocycles. The molecule has 3 rings (SSSR count). The number of hydrogen-bond donors (Lipinski definition) is 3. The summed E-state index contributed by atoms with van der Waals surface area (Å²) in [5, 5.41) is 3.97. The topological polar surface area (TPSA) is 138 Å². The van der Waals surface area contributed by atoms with E-state index in [9.17, 15) is 9.59 Å². The fourth-order valence-electron chi connectivity index (χ4n) is 2.12. The third-order valence-corrected chi connectivity index (χ3v) is 4.26. The zero-order chi connectivity index (χ0) is 16.6. The summed E-state index contributed by atoms with van der Waals surface area (Å²) in [7, 11) is 0. The largest absolute Gasteiger partial charge is 0.397 e. The molecular formula is C15H12N4O3S.